The molecular formula is C11H16BrNOS. The van der Waals surface area contributed by atoms with Crippen molar-refractivity contribution in [1.82, 2.24) is 5.32 Å². The van der Waals surface area contributed by atoms with Crippen LogP contribution in [0.2, 0.25) is 0 Å². The van der Waals surface area contributed by atoms with Crippen LogP contribution in [0.3, 0.4) is 0 Å². The second-order valence-corrected chi connectivity index (χ2v) is 5.16. The molecule has 0 aliphatic carbocycles. The summed E-state index contributed by atoms with van der Waals surface area (Å²) < 4.78 is 1.10. The highest BCUT2D eigenvalue weighted by molar-refractivity contribution is 9.10. The van der Waals surface area contributed by atoms with Gasteiger partial charge in [0.1, 0.15) is 0 Å². The Balaban J connectivity index is 2.73. The van der Waals surface area contributed by atoms with Crippen molar-refractivity contribution in [2.24, 2.45) is 0 Å². The average Bonchev–Trinajstić information content (AvgIpc) is 2.25. The number of aliphatic hydroxyl groups excluding tert-OH is 1. The summed E-state index contributed by atoms with van der Waals surface area (Å²) in [4.78, 5) is 1.24. The predicted octanol–water partition coefficient (Wildman–Crippen LogP) is 2.64. The summed E-state index contributed by atoms with van der Waals surface area (Å²) in [6.07, 6.45) is 0. The second kappa shape index (κ2) is 7.28. The van der Waals surface area contributed by atoms with Crippen LogP contribution >= 0.6 is 27.7 Å². The minimum absolute atomic E-state index is 0.224. The van der Waals surface area contributed by atoms with Gasteiger partial charge in [0, 0.05) is 21.7 Å². The number of halogens is 1. The summed E-state index contributed by atoms with van der Waals surface area (Å²) in [7, 11) is 0. The van der Waals surface area contributed by atoms with Gasteiger partial charge in [-0.15, -0.1) is 11.8 Å². The highest BCUT2D eigenvalue weighted by Gasteiger charge is 2.03. The first-order valence-electron chi connectivity index (χ1n) is 5.00. The van der Waals surface area contributed by atoms with E-state index in [-0.39, 0.29) is 6.61 Å². The number of aliphatic hydroxyl groups is 1. The van der Waals surface area contributed by atoms with Gasteiger partial charge in [-0.1, -0.05) is 22.9 Å². The quantitative estimate of drug-likeness (QED) is 0.790. The first kappa shape index (κ1) is 13.0. The summed E-state index contributed by atoms with van der Waals surface area (Å²) in [5, 5.41) is 12.1. The lowest BCUT2D eigenvalue weighted by Crippen LogP contribution is -2.12. The standard InChI is InChI=1S/C11H16BrNOS/c1-2-13-8-9-7-10(12)3-4-11(9)15-6-5-14/h3-4,7,13-14H,2,5-6,8H2,1H3. The molecule has 0 aliphatic heterocycles. The molecule has 0 saturated carbocycles. The zero-order valence-electron chi connectivity index (χ0n) is 8.79. The van der Waals surface area contributed by atoms with Crippen LogP contribution in [0.1, 0.15) is 12.5 Å². The van der Waals surface area contributed by atoms with Gasteiger partial charge in [0.15, 0.2) is 0 Å². The summed E-state index contributed by atoms with van der Waals surface area (Å²) in [5.74, 6) is 0.751. The molecule has 0 fully saturated rings. The molecule has 0 heterocycles. The van der Waals surface area contributed by atoms with Gasteiger partial charge < -0.3 is 10.4 Å². The van der Waals surface area contributed by atoms with Crippen LogP contribution in [-0.4, -0.2) is 24.0 Å². The summed E-state index contributed by atoms with van der Waals surface area (Å²) in [5.41, 5.74) is 1.28. The van der Waals surface area contributed by atoms with Crippen molar-refractivity contribution in [1.29, 1.82) is 0 Å². The number of thioether (sulfide) groups is 1. The maximum absolute atomic E-state index is 8.80. The fraction of sp³-hybridized carbons (Fsp3) is 0.455. The maximum Gasteiger partial charge on any atom is 0.0525 e. The van der Waals surface area contributed by atoms with Crippen molar-refractivity contribution in [3.63, 3.8) is 0 Å². The molecule has 0 aromatic heterocycles. The van der Waals surface area contributed by atoms with Crippen LogP contribution in [0.25, 0.3) is 0 Å². The van der Waals surface area contributed by atoms with E-state index in [2.05, 4.69) is 40.3 Å². The van der Waals surface area contributed by atoms with Crippen LogP contribution in [0.5, 0.6) is 0 Å². The third-order valence-electron chi connectivity index (χ3n) is 1.94. The molecule has 2 nitrogen and oxygen atoms in total. The molecule has 1 aromatic rings. The van der Waals surface area contributed by atoms with Crippen LogP contribution in [0.4, 0.5) is 0 Å². The first-order chi connectivity index (χ1) is 7.27. The van der Waals surface area contributed by atoms with Gasteiger partial charge in [-0.2, -0.15) is 0 Å². The maximum atomic E-state index is 8.80. The number of rotatable bonds is 6. The second-order valence-electron chi connectivity index (χ2n) is 3.10. The highest BCUT2D eigenvalue weighted by atomic mass is 79.9. The zero-order valence-corrected chi connectivity index (χ0v) is 11.2. The monoisotopic (exact) mass is 289 g/mol. The Morgan fingerprint density at radius 2 is 2.27 bits per heavy atom. The van der Waals surface area contributed by atoms with Crippen molar-refractivity contribution < 1.29 is 5.11 Å². The van der Waals surface area contributed by atoms with Crippen LogP contribution in [-0.2, 0) is 6.54 Å². The Morgan fingerprint density at radius 1 is 1.47 bits per heavy atom. The zero-order chi connectivity index (χ0) is 11.1. The number of benzene rings is 1. The summed E-state index contributed by atoms with van der Waals surface area (Å²) >= 11 is 5.17. The van der Waals surface area contributed by atoms with Gasteiger partial charge in [0.25, 0.3) is 0 Å². The van der Waals surface area contributed by atoms with Gasteiger partial charge in [0.2, 0.25) is 0 Å². The van der Waals surface area contributed by atoms with Gasteiger partial charge in [-0.25, -0.2) is 0 Å². The van der Waals surface area contributed by atoms with Crippen molar-refractivity contribution in [2.45, 2.75) is 18.4 Å². The molecular weight excluding hydrogens is 274 g/mol. The molecule has 0 saturated heterocycles. The Bertz CT molecular complexity index is 307. The lowest BCUT2D eigenvalue weighted by molar-refractivity contribution is 0.322. The third kappa shape index (κ3) is 4.55. The molecule has 0 amide bonds. The van der Waals surface area contributed by atoms with E-state index in [0.717, 1.165) is 23.3 Å². The fourth-order valence-electron chi connectivity index (χ4n) is 1.24. The summed E-state index contributed by atoms with van der Waals surface area (Å²) in [6.45, 7) is 4.17. The SMILES string of the molecule is CCNCc1cc(Br)ccc1SCCO. The smallest absolute Gasteiger partial charge is 0.0525 e. The van der Waals surface area contributed by atoms with E-state index in [9.17, 15) is 0 Å². The van der Waals surface area contributed by atoms with Gasteiger partial charge in [-0.3, -0.25) is 0 Å². The molecule has 1 rings (SSSR count). The van der Waals surface area contributed by atoms with E-state index < -0.39 is 0 Å². The third-order valence-corrected chi connectivity index (χ3v) is 3.53. The molecule has 84 valence electrons. The van der Waals surface area contributed by atoms with E-state index in [1.165, 1.54) is 10.5 Å². The van der Waals surface area contributed by atoms with E-state index >= 15 is 0 Å². The van der Waals surface area contributed by atoms with Crippen molar-refractivity contribution in [3.8, 4) is 0 Å². The molecule has 0 spiro atoms. The Kier molecular flexibility index (Phi) is 6.32. The number of hydrogen-bond acceptors (Lipinski definition) is 3. The normalized spacial score (nSPS) is 10.6. The molecule has 15 heavy (non-hydrogen) atoms. The van der Waals surface area contributed by atoms with E-state index in [1.807, 2.05) is 6.07 Å². The lowest BCUT2D eigenvalue weighted by atomic mass is 10.2. The molecule has 0 bridgehead atoms. The molecule has 0 aliphatic rings. The van der Waals surface area contributed by atoms with Crippen LogP contribution in [0.15, 0.2) is 27.6 Å². The van der Waals surface area contributed by atoms with E-state index in [4.69, 9.17) is 5.11 Å². The molecule has 4 heteroatoms. The Morgan fingerprint density at radius 3 is 2.93 bits per heavy atom. The van der Waals surface area contributed by atoms with Gasteiger partial charge >= 0.3 is 0 Å². The molecule has 0 radical (unpaired) electrons. The number of hydrogen-bond donors (Lipinski definition) is 2. The van der Waals surface area contributed by atoms with Gasteiger partial charge in [-0.05, 0) is 30.3 Å². The van der Waals surface area contributed by atoms with Crippen molar-refractivity contribution >= 4 is 27.7 Å². The van der Waals surface area contributed by atoms with Crippen LogP contribution < -0.4 is 5.32 Å². The lowest BCUT2D eigenvalue weighted by Gasteiger charge is -2.09. The number of nitrogens with one attached hydrogen (secondary N) is 1. The highest BCUT2D eigenvalue weighted by Crippen LogP contribution is 2.25. The first-order valence-corrected chi connectivity index (χ1v) is 6.78. The Hall–Kier alpha value is -0.0300. The minimum Gasteiger partial charge on any atom is -0.396 e. The topological polar surface area (TPSA) is 32.3 Å². The minimum atomic E-state index is 0.224. The largest absolute Gasteiger partial charge is 0.396 e. The predicted molar refractivity (Wildman–Crippen MR) is 69.3 cm³/mol. The van der Waals surface area contributed by atoms with Gasteiger partial charge in [0.05, 0.1) is 6.61 Å². The van der Waals surface area contributed by atoms with Crippen molar-refractivity contribution in [2.75, 3.05) is 18.9 Å². The van der Waals surface area contributed by atoms with Crippen LogP contribution in [0, 0.1) is 0 Å². The van der Waals surface area contributed by atoms with E-state index in [1.54, 1.807) is 11.8 Å². The Labute approximate surface area is 104 Å². The van der Waals surface area contributed by atoms with E-state index in [0.29, 0.717) is 0 Å². The molecule has 0 unspecified atom stereocenters. The molecule has 0 atom stereocenters. The van der Waals surface area contributed by atoms with Crippen molar-refractivity contribution in [3.05, 3.63) is 28.2 Å². The summed E-state index contributed by atoms with van der Waals surface area (Å²) in [6, 6.07) is 6.26. The average molecular weight is 290 g/mol. The fourth-order valence-corrected chi connectivity index (χ4v) is 2.44. The molecule has 1 aromatic carbocycles. The molecule has 2 N–H and O–H groups in total.